The Morgan fingerprint density at radius 3 is 2.20 bits per heavy atom. The van der Waals surface area contributed by atoms with Crippen molar-refractivity contribution < 1.29 is 19.5 Å². The number of aromatic nitrogens is 1. The highest BCUT2D eigenvalue weighted by atomic mass is 35.5. The number of carboxylic acids is 1. The zero-order valence-corrected chi connectivity index (χ0v) is 23.3. The van der Waals surface area contributed by atoms with E-state index < -0.39 is 17.9 Å². The molecule has 3 aromatic carbocycles. The first-order valence-corrected chi connectivity index (χ1v) is 13.1. The molecule has 4 aromatic rings. The normalized spacial score (nSPS) is 11.9. The van der Waals surface area contributed by atoms with Crippen LogP contribution in [0.15, 0.2) is 90.2 Å². The van der Waals surface area contributed by atoms with E-state index in [9.17, 15) is 19.5 Å². The molecule has 41 heavy (non-hydrogen) atoms. The molecule has 1 amide bonds. The van der Waals surface area contributed by atoms with E-state index in [0.717, 1.165) is 5.56 Å². The number of aliphatic imine (C=N–C) groups is 1. The Hall–Kier alpha value is -4.73. The SMILES string of the molecule is Cc1cccc(NC(N)=N[C@@H](Cc2ccc(NC(=O)c3c(Cl)cncc3Cl)cc2)C(=O)O)c1C(=O)c1ccccc1. The number of carboxylic acid groups (broad SMARTS) is 1. The van der Waals surface area contributed by atoms with Crippen molar-refractivity contribution in [2.24, 2.45) is 10.7 Å². The highest BCUT2D eigenvalue weighted by Crippen LogP contribution is 2.25. The molecule has 208 valence electrons. The van der Waals surface area contributed by atoms with Crippen LogP contribution in [0.5, 0.6) is 0 Å². The molecule has 0 aliphatic rings. The summed E-state index contributed by atoms with van der Waals surface area (Å²) in [6, 6.07) is 19.4. The molecule has 0 radical (unpaired) electrons. The fourth-order valence-corrected chi connectivity index (χ4v) is 4.64. The Bertz CT molecular complexity index is 1610. The van der Waals surface area contributed by atoms with Gasteiger partial charge in [-0.15, -0.1) is 0 Å². The highest BCUT2D eigenvalue weighted by Gasteiger charge is 2.20. The second-order valence-corrected chi connectivity index (χ2v) is 9.83. The first-order chi connectivity index (χ1) is 19.6. The fraction of sp³-hybridized carbons (Fsp3) is 0.100. The lowest BCUT2D eigenvalue weighted by Crippen LogP contribution is -2.30. The van der Waals surface area contributed by atoms with Crippen molar-refractivity contribution in [3.63, 3.8) is 0 Å². The number of carbonyl (C=O) groups excluding carboxylic acids is 2. The summed E-state index contributed by atoms with van der Waals surface area (Å²) in [5.41, 5.74) is 9.36. The number of hydrogen-bond donors (Lipinski definition) is 4. The van der Waals surface area contributed by atoms with Gasteiger partial charge in [-0.3, -0.25) is 14.6 Å². The Kier molecular flexibility index (Phi) is 9.34. The first-order valence-electron chi connectivity index (χ1n) is 12.4. The summed E-state index contributed by atoms with van der Waals surface area (Å²) < 4.78 is 0. The van der Waals surface area contributed by atoms with Crippen LogP contribution in [0.2, 0.25) is 10.0 Å². The number of ketones is 1. The van der Waals surface area contributed by atoms with E-state index in [1.54, 1.807) is 73.7 Å². The molecule has 0 saturated heterocycles. The third-order valence-corrected chi connectivity index (χ3v) is 6.67. The zero-order valence-electron chi connectivity index (χ0n) is 21.8. The van der Waals surface area contributed by atoms with Crippen LogP contribution in [0.4, 0.5) is 11.4 Å². The number of carbonyl (C=O) groups is 3. The van der Waals surface area contributed by atoms with Gasteiger partial charge in [-0.05, 0) is 36.2 Å². The Morgan fingerprint density at radius 1 is 0.902 bits per heavy atom. The molecular weight excluding hydrogens is 565 g/mol. The summed E-state index contributed by atoms with van der Waals surface area (Å²) in [5.74, 6) is -2.04. The lowest BCUT2D eigenvalue weighted by Gasteiger charge is -2.15. The van der Waals surface area contributed by atoms with E-state index in [4.69, 9.17) is 28.9 Å². The number of nitrogens with one attached hydrogen (secondary N) is 2. The zero-order chi connectivity index (χ0) is 29.5. The van der Waals surface area contributed by atoms with Gasteiger partial charge in [0.2, 0.25) is 0 Å². The minimum absolute atomic E-state index is 0.0254. The van der Waals surface area contributed by atoms with E-state index in [1.807, 2.05) is 6.07 Å². The number of nitrogens with two attached hydrogens (primary N) is 1. The van der Waals surface area contributed by atoms with Crippen LogP contribution in [-0.4, -0.2) is 39.8 Å². The predicted molar refractivity (Wildman–Crippen MR) is 160 cm³/mol. The van der Waals surface area contributed by atoms with E-state index in [0.29, 0.717) is 28.1 Å². The van der Waals surface area contributed by atoms with Crippen molar-refractivity contribution in [2.75, 3.05) is 10.6 Å². The average molecular weight is 590 g/mol. The second kappa shape index (κ2) is 13.1. The largest absolute Gasteiger partial charge is 0.480 e. The van der Waals surface area contributed by atoms with Crippen LogP contribution in [0, 0.1) is 6.92 Å². The number of amides is 1. The lowest BCUT2D eigenvalue weighted by molar-refractivity contribution is -0.138. The number of aryl methyl sites for hydroxylation is 1. The van der Waals surface area contributed by atoms with E-state index in [2.05, 4.69) is 20.6 Å². The van der Waals surface area contributed by atoms with E-state index >= 15 is 0 Å². The van der Waals surface area contributed by atoms with Crippen molar-refractivity contribution >= 4 is 58.2 Å². The van der Waals surface area contributed by atoms with Crippen molar-refractivity contribution in [3.05, 3.63) is 123 Å². The molecule has 0 bridgehead atoms. The number of hydrogen-bond acceptors (Lipinski definition) is 5. The van der Waals surface area contributed by atoms with Crippen LogP contribution in [0.3, 0.4) is 0 Å². The first kappa shape index (κ1) is 29.3. The van der Waals surface area contributed by atoms with Gasteiger partial charge in [0.15, 0.2) is 17.8 Å². The van der Waals surface area contributed by atoms with Gasteiger partial charge in [0.05, 0.1) is 21.3 Å². The number of pyridine rings is 1. The topological polar surface area (TPSA) is 147 Å². The van der Waals surface area contributed by atoms with Crippen LogP contribution in [-0.2, 0) is 11.2 Å². The summed E-state index contributed by atoms with van der Waals surface area (Å²) in [6.07, 6.45) is 2.66. The molecular formula is C30H25Cl2N5O4. The summed E-state index contributed by atoms with van der Waals surface area (Å²) >= 11 is 12.1. The number of benzene rings is 3. The van der Waals surface area contributed by atoms with Crippen molar-refractivity contribution in [2.45, 2.75) is 19.4 Å². The highest BCUT2D eigenvalue weighted by molar-refractivity contribution is 6.40. The monoisotopic (exact) mass is 589 g/mol. The van der Waals surface area contributed by atoms with Crippen LogP contribution in [0.25, 0.3) is 0 Å². The molecule has 1 atom stereocenters. The van der Waals surface area contributed by atoms with E-state index in [-0.39, 0.29) is 33.8 Å². The van der Waals surface area contributed by atoms with Gasteiger partial charge >= 0.3 is 5.97 Å². The summed E-state index contributed by atoms with van der Waals surface area (Å²) in [6.45, 7) is 1.81. The number of anilines is 2. The fourth-order valence-electron chi connectivity index (χ4n) is 4.10. The standard InChI is InChI=1S/C30H25Cl2N5O4/c1-17-6-5-9-23(25(17)27(38)19-7-3-2-4-8-19)36-30(33)37-24(29(40)41)14-18-10-12-20(13-11-18)35-28(39)26-21(31)15-34-16-22(26)32/h2-13,15-16,24H,14H2,1H3,(H,35,39)(H,40,41)(H3,33,36,37)/t24-/m0/s1. The number of guanidine groups is 1. The molecule has 0 aliphatic carbocycles. The number of rotatable bonds is 9. The van der Waals surface area contributed by atoms with Crippen LogP contribution >= 0.6 is 23.2 Å². The van der Waals surface area contributed by atoms with Crippen LogP contribution < -0.4 is 16.4 Å². The summed E-state index contributed by atoms with van der Waals surface area (Å²) in [5, 5.41) is 15.6. The molecule has 0 aliphatic heterocycles. The molecule has 1 aromatic heterocycles. The van der Waals surface area contributed by atoms with Gasteiger partial charge < -0.3 is 21.5 Å². The van der Waals surface area contributed by atoms with Gasteiger partial charge in [0, 0.05) is 35.6 Å². The van der Waals surface area contributed by atoms with Gasteiger partial charge in [-0.2, -0.15) is 0 Å². The maximum absolute atomic E-state index is 13.2. The van der Waals surface area contributed by atoms with Gasteiger partial charge in [-0.1, -0.05) is 77.8 Å². The number of halogens is 2. The number of aliphatic carboxylic acids is 1. The molecule has 0 unspecified atom stereocenters. The molecule has 4 rings (SSSR count). The van der Waals surface area contributed by atoms with Crippen molar-refractivity contribution in [1.29, 1.82) is 0 Å². The predicted octanol–water partition coefficient (Wildman–Crippen LogP) is 5.60. The maximum Gasteiger partial charge on any atom is 0.328 e. The minimum Gasteiger partial charge on any atom is -0.480 e. The molecule has 0 fully saturated rings. The Balaban J connectivity index is 1.48. The molecule has 0 spiro atoms. The maximum atomic E-state index is 13.2. The van der Waals surface area contributed by atoms with Crippen LogP contribution in [0.1, 0.15) is 37.4 Å². The summed E-state index contributed by atoms with van der Waals surface area (Å²) in [7, 11) is 0. The molecule has 1 heterocycles. The molecule has 9 nitrogen and oxygen atoms in total. The third-order valence-electron chi connectivity index (χ3n) is 6.10. The summed E-state index contributed by atoms with van der Waals surface area (Å²) in [4.78, 5) is 45.8. The van der Waals surface area contributed by atoms with Gasteiger partial charge in [0.1, 0.15) is 0 Å². The molecule has 11 heteroatoms. The minimum atomic E-state index is -1.21. The van der Waals surface area contributed by atoms with Crippen molar-refractivity contribution in [1.82, 2.24) is 4.98 Å². The Labute approximate surface area is 246 Å². The number of nitrogens with zero attached hydrogens (tertiary/aromatic N) is 2. The van der Waals surface area contributed by atoms with E-state index in [1.165, 1.54) is 12.4 Å². The van der Waals surface area contributed by atoms with Crippen molar-refractivity contribution in [3.8, 4) is 0 Å². The quantitative estimate of drug-likeness (QED) is 0.113. The third kappa shape index (κ3) is 7.27. The lowest BCUT2D eigenvalue weighted by atomic mass is 9.97. The van der Waals surface area contributed by atoms with Gasteiger partial charge in [-0.25, -0.2) is 9.79 Å². The smallest absolute Gasteiger partial charge is 0.328 e. The molecule has 0 saturated carbocycles. The second-order valence-electron chi connectivity index (χ2n) is 9.02. The Morgan fingerprint density at radius 2 is 1.56 bits per heavy atom. The van der Waals surface area contributed by atoms with Gasteiger partial charge in [0.25, 0.3) is 5.91 Å². The molecule has 5 N–H and O–H groups in total. The average Bonchev–Trinajstić information content (AvgIpc) is 2.94.